The molecule has 2 rings (SSSR count). The van der Waals surface area contributed by atoms with Gasteiger partial charge in [0.15, 0.2) is 0 Å². The molecule has 0 unspecified atom stereocenters. The van der Waals surface area contributed by atoms with Gasteiger partial charge in [-0.1, -0.05) is 18.7 Å². The molecule has 0 spiro atoms. The number of carbonyl (C=O) groups is 1. The molecule has 1 heterocycles. The Morgan fingerprint density at radius 3 is 2.71 bits per heavy atom. The van der Waals surface area contributed by atoms with Crippen LogP contribution in [0, 0.1) is 0 Å². The summed E-state index contributed by atoms with van der Waals surface area (Å²) in [6, 6.07) is 7.42. The number of amides is 1. The van der Waals surface area contributed by atoms with Crippen molar-refractivity contribution in [2.45, 2.75) is 6.42 Å². The summed E-state index contributed by atoms with van der Waals surface area (Å²) < 4.78 is 5.16. The topological polar surface area (TPSA) is 29.5 Å². The molecule has 0 aromatic heterocycles. The number of ether oxygens (including phenoxy) is 1. The predicted octanol–water partition coefficient (Wildman–Crippen LogP) is 1.95. The van der Waals surface area contributed by atoms with Crippen molar-refractivity contribution in [1.29, 1.82) is 0 Å². The number of hydrogen-bond acceptors (Lipinski definition) is 2. The van der Waals surface area contributed by atoms with Crippen LogP contribution in [-0.4, -0.2) is 13.0 Å². The molecule has 14 heavy (non-hydrogen) atoms. The van der Waals surface area contributed by atoms with E-state index in [1.54, 1.807) is 12.0 Å². The zero-order chi connectivity index (χ0) is 10.1. The van der Waals surface area contributed by atoms with Gasteiger partial charge in [-0.2, -0.15) is 0 Å². The summed E-state index contributed by atoms with van der Waals surface area (Å²) >= 11 is 0. The van der Waals surface area contributed by atoms with Crippen LogP contribution in [0.15, 0.2) is 36.5 Å². The number of carbonyl (C=O) groups excluding carboxylic acids is 1. The molecule has 1 fully saturated rings. The van der Waals surface area contributed by atoms with Gasteiger partial charge in [0.2, 0.25) is 5.91 Å². The van der Waals surface area contributed by atoms with E-state index in [2.05, 4.69) is 6.58 Å². The van der Waals surface area contributed by atoms with Crippen LogP contribution in [0.25, 0.3) is 0 Å². The maximum atomic E-state index is 11.3. The Hall–Kier alpha value is -1.77. The Bertz CT molecular complexity index is 384. The summed E-state index contributed by atoms with van der Waals surface area (Å²) in [7, 11) is 1.59. The average molecular weight is 189 g/mol. The van der Waals surface area contributed by atoms with Gasteiger partial charge in [-0.05, 0) is 12.1 Å². The fourth-order valence-corrected chi connectivity index (χ4v) is 1.54. The van der Waals surface area contributed by atoms with Crippen LogP contribution in [-0.2, 0) is 4.79 Å². The van der Waals surface area contributed by atoms with Crippen LogP contribution >= 0.6 is 0 Å². The molecular formula is C11H11NO2. The highest BCUT2D eigenvalue weighted by molar-refractivity contribution is 6.06. The van der Waals surface area contributed by atoms with Crippen molar-refractivity contribution < 1.29 is 9.53 Å². The Balaban J connectivity index is 2.40. The minimum atomic E-state index is 0.0690. The summed E-state index contributed by atoms with van der Waals surface area (Å²) in [6.07, 6.45) is 0.443. The Kier molecular flexibility index (Phi) is 2.00. The van der Waals surface area contributed by atoms with Crippen molar-refractivity contribution in [3.8, 4) is 5.75 Å². The molecule has 0 aliphatic carbocycles. The monoisotopic (exact) mass is 189 g/mol. The van der Waals surface area contributed by atoms with Gasteiger partial charge in [-0.15, -0.1) is 0 Å². The van der Waals surface area contributed by atoms with Crippen LogP contribution in [0.2, 0.25) is 0 Å². The summed E-state index contributed by atoms with van der Waals surface area (Å²) in [5, 5.41) is 0. The lowest BCUT2D eigenvalue weighted by molar-refractivity contribution is -0.120. The van der Waals surface area contributed by atoms with Gasteiger partial charge >= 0.3 is 0 Å². The van der Waals surface area contributed by atoms with Crippen LogP contribution in [0.5, 0.6) is 5.75 Å². The molecule has 1 aromatic rings. The van der Waals surface area contributed by atoms with Gasteiger partial charge in [-0.25, -0.2) is 0 Å². The minimum absolute atomic E-state index is 0.0690. The van der Waals surface area contributed by atoms with E-state index in [1.165, 1.54) is 0 Å². The van der Waals surface area contributed by atoms with Crippen LogP contribution in [0.1, 0.15) is 6.42 Å². The lowest BCUT2D eigenvalue weighted by atomic mass is 10.1. The van der Waals surface area contributed by atoms with Crippen LogP contribution < -0.4 is 9.64 Å². The first-order valence-electron chi connectivity index (χ1n) is 4.38. The molecule has 1 saturated heterocycles. The van der Waals surface area contributed by atoms with Gasteiger partial charge < -0.3 is 4.74 Å². The number of hydrogen-bond donors (Lipinski definition) is 0. The molecule has 3 heteroatoms. The zero-order valence-corrected chi connectivity index (χ0v) is 7.99. The van der Waals surface area contributed by atoms with Gasteiger partial charge in [-0.3, -0.25) is 9.69 Å². The highest BCUT2D eigenvalue weighted by Gasteiger charge is 2.31. The molecule has 1 aliphatic rings. The summed E-state index contributed by atoms with van der Waals surface area (Å²) in [5.41, 5.74) is 1.59. The predicted molar refractivity (Wildman–Crippen MR) is 54.2 cm³/mol. The fraction of sp³-hybridized carbons (Fsp3) is 0.182. The second-order valence-electron chi connectivity index (χ2n) is 3.14. The molecule has 1 aliphatic heterocycles. The molecule has 1 amide bonds. The lowest BCUT2D eigenvalue weighted by Gasteiger charge is -2.33. The maximum absolute atomic E-state index is 11.3. The minimum Gasteiger partial charge on any atom is -0.495 e. The second-order valence-corrected chi connectivity index (χ2v) is 3.14. The molecule has 72 valence electrons. The molecule has 1 aromatic carbocycles. The van der Waals surface area contributed by atoms with Gasteiger partial charge in [0.25, 0.3) is 0 Å². The lowest BCUT2D eigenvalue weighted by Crippen LogP contribution is -2.40. The number of rotatable bonds is 2. The average Bonchev–Trinajstić information content (AvgIpc) is 2.18. The first-order chi connectivity index (χ1) is 6.74. The first-order valence-corrected chi connectivity index (χ1v) is 4.38. The van der Waals surface area contributed by atoms with Crippen molar-refractivity contribution in [2.75, 3.05) is 12.0 Å². The Morgan fingerprint density at radius 1 is 1.43 bits per heavy atom. The number of para-hydroxylation sites is 2. The largest absolute Gasteiger partial charge is 0.495 e. The molecule has 3 nitrogen and oxygen atoms in total. The van der Waals surface area contributed by atoms with E-state index >= 15 is 0 Å². The Morgan fingerprint density at radius 2 is 2.14 bits per heavy atom. The van der Waals surface area contributed by atoms with E-state index in [-0.39, 0.29) is 5.91 Å². The third-order valence-electron chi connectivity index (χ3n) is 2.25. The van der Waals surface area contributed by atoms with Crippen LogP contribution in [0.4, 0.5) is 5.69 Å². The normalized spacial score (nSPS) is 15.4. The van der Waals surface area contributed by atoms with E-state index in [4.69, 9.17) is 4.74 Å². The quantitative estimate of drug-likeness (QED) is 0.665. The van der Waals surface area contributed by atoms with Crippen molar-refractivity contribution >= 4 is 11.6 Å². The zero-order valence-electron chi connectivity index (χ0n) is 7.99. The van der Waals surface area contributed by atoms with E-state index in [1.807, 2.05) is 24.3 Å². The summed E-state index contributed by atoms with van der Waals surface area (Å²) in [5.74, 6) is 0.765. The van der Waals surface area contributed by atoms with Crippen molar-refractivity contribution in [2.24, 2.45) is 0 Å². The fourth-order valence-electron chi connectivity index (χ4n) is 1.54. The van der Waals surface area contributed by atoms with E-state index in [0.29, 0.717) is 12.2 Å². The van der Waals surface area contributed by atoms with Crippen LogP contribution in [0.3, 0.4) is 0 Å². The Labute approximate surface area is 82.6 Å². The highest BCUT2D eigenvalue weighted by atomic mass is 16.5. The van der Waals surface area contributed by atoms with Crippen molar-refractivity contribution in [3.05, 3.63) is 36.5 Å². The van der Waals surface area contributed by atoms with Gasteiger partial charge in [0.1, 0.15) is 5.75 Å². The third-order valence-corrected chi connectivity index (χ3v) is 2.25. The third kappa shape index (κ3) is 1.18. The number of anilines is 1. The molecule has 0 radical (unpaired) electrons. The van der Waals surface area contributed by atoms with Crippen molar-refractivity contribution in [3.63, 3.8) is 0 Å². The van der Waals surface area contributed by atoms with E-state index in [9.17, 15) is 4.79 Å². The van der Waals surface area contributed by atoms with E-state index < -0.39 is 0 Å². The second kappa shape index (κ2) is 3.18. The van der Waals surface area contributed by atoms with Crippen molar-refractivity contribution in [1.82, 2.24) is 0 Å². The summed E-state index contributed by atoms with van der Waals surface area (Å²) in [6.45, 7) is 3.79. The van der Waals surface area contributed by atoms with Gasteiger partial charge in [0, 0.05) is 5.70 Å². The van der Waals surface area contributed by atoms with Gasteiger partial charge in [0.05, 0.1) is 19.2 Å². The molecule has 0 saturated carbocycles. The van der Waals surface area contributed by atoms with E-state index in [0.717, 1.165) is 11.4 Å². The number of nitrogens with zero attached hydrogens (tertiary/aromatic N) is 1. The standard InChI is InChI=1S/C11H11NO2/c1-8-7-11(13)12(8)9-5-3-4-6-10(9)14-2/h3-6H,1,7H2,2H3. The molecular weight excluding hydrogens is 178 g/mol. The SMILES string of the molecule is C=C1CC(=O)N1c1ccccc1OC. The smallest absolute Gasteiger partial charge is 0.237 e. The molecule has 0 bridgehead atoms. The first kappa shape index (κ1) is 8.81. The number of β-lactam (4-membered cyclic amide) rings is 1. The number of benzene rings is 1. The number of methoxy groups -OCH3 is 1. The maximum Gasteiger partial charge on any atom is 0.237 e. The molecule has 0 atom stereocenters. The summed E-state index contributed by atoms with van der Waals surface area (Å²) in [4.78, 5) is 12.9. The highest BCUT2D eigenvalue weighted by Crippen LogP contribution is 2.36. The molecule has 0 N–H and O–H groups in total.